The van der Waals surface area contributed by atoms with E-state index in [2.05, 4.69) is 11.9 Å². The van der Waals surface area contributed by atoms with Crippen molar-refractivity contribution in [1.29, 1.82) is 0 Å². The molecule has 4 heteroatoms. The van der Waals surface area contributed by atoms with E-state index in [0.717, 1.165) is 5.56 Å². The molecule has 0 amide bonds. The van der Waals surface area contributed by atoms with Crippen molar-refractivity contribution in [3.8, 4) is 0 Å². The number of ether oxygens (including phenoxy) is 1. The fourth-order valence-electron chi connectivity index (χ4n) is 1.31. The van der Waals surface area contributed by atoms with Crippen LogP contribution < -0.4 is 5.32 Å². The molecule has 0 saturated carbocycles. The normalized spacial score (nSPS) is 11.9. The number of rotatable bonds is 5. The number of methoxy groups -OCH3 is 1. The summed E-state index contributed by atoms with van der Waals surface area (Å²) < 4.78 is 4.73. The summed E-state index contributed by atoms with van der Waals surface area (Å²) in [7, 11) is 1.36. The third kappa shape index (κ3) is 3.36. The first-order valence-corrected chi connectivity index (χ1v) is 5.24. The lowest BCUT2D eigenvalue weighted by atomic mass is 10.1. The molecule has 0 fully saturated rings. The van der Waals surface area contributed by atoms with Gasteiger partial charge in [0.05, 0.1) is 7.11 Å². The monoisotopic (exact) mass is 239 g/mol. The Morgan fingerprint density at radius 2 is 2.19 bits per heavy atom. The Labute approximate surface area is 100 Å². The van der Waals surface area contributed by atoms with E-state index in [4.69, 9.17) is 16.3 Å². The zero-order valence-corrected chi connectivity index (χ0v) is 9.83. The molecule has 1 N–H and O–H groups in total. The van der Waals surface area contributed by atoms with Gasteiger partial charge in [-0.05, 0) is 17.7 Å². The maximum absolute atomic E-state index is 11.6. The highest BCUT2D eigenvalue weighted by molar-refractivity contribution is 6.30. The minimum Gasteiger partial charge on any atom is -0.468 e. The van der Waals surface area contributed by atoms with Crippen molar-refractivity contribution < 1.29 is 9.53 Å². The Morgan fingerprint density at radius 1 is 1.56 bits per heavy atom. The number of hydrogen-bond donors (Lipinski definition) is 1. The quantitative estimate of drug-likeness (QED) is 0.633. The molecular formula is C12H14ClNO2. The smallest absolute Gasteiger partial charge is 0.327 e. The first-order chi connectivity index (χ1) is 7.69. The van der Waals surface area contributed by atoms with E-state index in [1.165, 1.54) is 7.11 Å². The van der Waals surface area contributed by atoms with Crippen LogP contribution in [0.2, 0.25) is 5.02 Å². The topological polar surface area (TPSA) is 38.3 Å². The molecule has 0 saturated heterocycles. The van der Waals surface area contributed by atoms with E-state index in [1.807, 2.05) is 0 Å². The SMILES string of the molecule is C=CCNC(C(=O)OC)c1ccc(Cl)cc1. The Kier molecular flexibility index (Phi) is 5.02. The molecule has 0 aliphatic rings. The molecule has 1 aromatic rings. The van der Waals surface area contributed by atoms with E-state index in [9.17, 15) is 4.79 Å². The molecule has 16 heavy (non-hydrogen) atoms. The average molecular weight is 240 g/mol. The third-order valence-electron chi connectivity index (χ3n) is 2.11. The second-order valence-corrected chi connectivity index (χ2v) is 3.64. The molecule has 0 spiro atoms. The summed E-state index contributed by atoms with van der Waals surface area (Å²) in [5.41, 5.74) is 0.818. The van der Waals surface area contributed by atoms with Gasteiger partial charge in [0.2, 0.25) is 0 Å². The van der Waals surface area contributed by atoms with Gasteiger partial charge in [0.25, 0.3) is 0 Å². The summed E-state index contributed by atoms with van der Waals surface area (Å²) in [6.07, 6.45) is 1.69. The average Bonchev–Trinajstić information content (AvgIpc) is 2.31. The van der Waals surface area contributed by atoms with Crippen LogP contribution in [0.5, 0.6) is 0 Å². The number of benzene rings is 1. The predicted octanol–water partition coefficient (Wildman–Crippen LogP) is 2.33. The molecule has 0 aromatic heterocycles. The number of halogens is 1. The second-order valence-electron chi connectivity index (χ2n) is 3.20. The molecule has 3 nitrogen and oxygen atoms in total. The van der Waals surface area contributed by atoms with Gasteiger partial charge in [-0.25, -0.2) is 4.79 Å². The summed E-state index contributed by atoms with van der Waals surface area (Å²) in [6, 6.07) is 6.57. The Morgan fingerprint density at radius 3 is 2.69 bits per heavy atom. The van der Waals surface area contributed by atoms with Crippen LogP contribution in [0.15, 0.2) is 36.9 Å². The van der Waals surface area contributed by atoms with Crippen LogP contribution in [0.4, 0.5) is 0 Å². The van der Waals surface area contributed by atoms with E-state index >= 15 is 0 Å². The van der Waals surface area contributed by atoms with Gasteiger partial charge in [-0.2, -0.15) is 0 Å². The van der Waals surface area contributed by atoms with Crippen molar-refractivity contribution in [3.05, 3.63) is 47.5 Å². The minimum atomic E-state index is -0.486. The molecule has 1 rings (SSSR count). The molecule has 0 bridgehead atoms. The molecule has 0 aliphatic carbocycles. The van der Waals surface area contributed by atoms with Gasteiger partial charge in [-0.3, -0.25) is 5.32 Å². The van der Waals surface area contributed by atoms with Crippen molar-refractivity contribution in [3.63, 3.8) is 0 Å². The van der Waals surface area contributed by atoms with Crippen LogP contribution in [0.3, 0.4) is 0 Å². The molecule has 1 unspecified atom stereocenters. The zero-order chi connectivity index (χ0) is 12.0. The number of hydrogen-bond acceptors (Lipinski definition) is 3. The Balaban J connectivity index is 2.86. The van der Waals surface area contributed by atoms with Crippen LogP contribution in [-0.4, -0.2) is 19.6 Å². The van der Waals surface area contributed by atoms with E-state index in [-0.39, 0.29) is 5.97 Å². The van der Waals surface area contributed by atoms with Crippen LogP contribution in [0.1, 0.15) is 11.6 Å². The van der Waals surface area contributed by atoms with Crippen molar-refractivity contribution in [2.24, 2.45) is 0 Å². The molecule has 0 radical (unpaired) electrons. The van der Waals surface area contributed by atoms with Gasteiger partial charge >= 0.3 is 5.97 Å². The largest absolute Gasteiger partial charge is 0.468 e. The van der Waals surface area contributed by atoms with Crippen LogP contribution >= 0.6 is 11.6 Å². The van der Waals surface area contributed by atoms with Crippen LogP contribution in [0.25, 0.3) is 0 Å². The van der Waals surface area contributed by atoms with Crippen LogP contribution in [-0.2, 0) is 9.53 Å². The molecule has 0 heterocycles. The van der Waals surface area contributed by atoms with Crippen molar-refractivity contribution in [2.45, 2.75) is 6.04 Å². The van der Waals surface area contributed by atoms with Gasteiger partial charge in [-0.15, -0.1) is 6.58 Å². The van der Waals surface area contributed by atoms with E-state index < -0.39 is 6.04 Å². The number of carbonyl (C=O) groups is 1. The lowest BCUT2D eigenvalue weighted by molar-refractivity contribution is -0.143. The van der Waals surface area contributed by atoms with Crippen molar-refractivity contribution >= 4 is 17.6 Å². The summed E-state index contributed by atoms with van der Waals surface area (Å²) >= 11 is 5.78. The standard InChI is InChI=1S/C12H14ClNO2/c1-3-8-14-11(12(15)16-2)9-4-6-10(13)7-5-9/h3-7,11,14H,1,8H2,2H3. The van der Waals surface area contributed by atoms with Crippen molar-refractivity contribution in [2.75, 3.05) is 13.7 Å². The summed E-state index contributed by atoms with van der Waals surface area (Å²) in [4.78, 5) is 11.6. The van der Waals surface area contributed by atoms with Gasteiger partial charge < -0.3 is 4.74 Å². The number of carbonyl (C=O) groups excluding carboxylic acids is 1. The first-order valence-electron chi connectivity index (χ1n) is 4.86. The number of nitrogens with one attached hydrogen (secondary N) is 1. The summed E-state index contributed by atoms with van der Waals surface area (Å²) in [5, 5.41) is 3.66. The van der Waals surface area contributed by atoms with Gasteiger partial charge in [-0.1, -0.05) is 29.8 Å². The summed E-state index contributed by atoms with van der Waals surface area (Å²) in [5.74, 6) is -0.329. The third-order valence-corrected chi connectivity index (χ3v) is 2.36. The van der Waals surface area contributed by atoms with Gasteiger partial charge in [0.1, 0.15) is 6.04 Å². The molecule has 1 atom stereocenters. The maximum Gasteiger partial charge on any atom is 0.327 e. The summed E-state index contributed by atoms with van der Waals surface area (Å²) in [6.45, 7) is 4.12. The lowest BCUT2D eigenvalue weighted by Crippen LogP contribution is -2.29. The predicted molar refractivity (Wildman–Crippen MR) is 64.4 cm³/mol. The molecule has 86 valence electrons. The van der Waals surface area contributed by atoms with Gasteiger partial charge in [0, 0.05) is 11.6 Å². The van der Waals surface area contributed by atoms with Crippen LogP contribution in [0, 0.1) is 0 Å². The Bertz CT molecular complexity index is 362. The van der Waals surface area contributed by atoms with Crippen molar-refractivity contribution in [1.82, 2.24) is 5.32 Å². The fraction of sp³-hybridized carbons (Fsp3) is 0.250. The van der Waals surface area contributed by atoms with E-state index in [1.54, 1.807) is 30.3 Å². The molecular weight excluding hydrogens is 226 g/mol. The first kappa shape index (κ1) is 12.7. The zero-order valence-electron chi connectivity index (χ0n) is 9.07. The lowest BCUT2D eigenvalue weighted by Gasteiger charge is -2.15. The Hall–Kier alpha value is -1.32. The second kappa shape index (κ2) is 6.30. The fourth-order valence-corrected chi connectivity index (χ4v) is 1.44. The minimum absolute atomic E-state index is 0.329. The molecule has 1 aromatic carbocycles. The highest BCUT2D eigenvalue weighted by Crippen LogP contribution is 2.17. The highest BCUT2D eigenvalue weighted by atomic mass is 35.5. The highest BCUT2D eigenvalue weighted by Gasteiger charge is 2.19. The number of esters is 1. The maximum atomic E-state index is 11.6. The molecule has 0 aliphatic heterocycles. The van der Waals surface area contributed by atoms with E-state index in [0.29, 0.717) is 11.6 Å². The van der Waals surface area contributed by atoms with Gasteiger partial charge in [0.15, 0.2) is 0 Å².